The van der Waals surface area contributed by atoms with Crippen molar-refractivity contribution < 1.29 is 14.7 Å². The summed E-state index contributed by atoms with van der Waals surface area (Å²) in [6.07, 6.45) is 4.12. The normalized spacial score (nSPS) is 16.4. The standard InChI is InChI=1S/C14H19N3O5/c1-16-11(19)4-7-17(13(16)22)9-10(18)15-14(8-12(20)21)5-2-3-6-14/h4,7H,2-3,5-6,8-9H2,1H3,(H,15,18)(H,20,21). The van der Waals surface area contributed by atoms with E-state index < -0.39 is 28.7 Å². The Labute approximate surface area is 126 Å². The number of hydrogen-bond acceptors (Lipinski definition) is 4. The molecule has 0 saturated heterocycles. The molecular formula is C14H19N3O5. The third-order valence-corrected chi connectivity index (χ3v) is 4.03. The van der Waals surface area contributed by atoms with Crippen LogP contribution in [0.5, 0.6) is 0 Å². The van der Waals surface area contributed by atoms with Crippen LogP contribution in [0.1, 0.15) is 32.1 Å². The quantitative estimate of drug-likeness (QED) is 0.758. The van der Waals surface area contributed by atoms with Gasteiger partial charge in [-0.05, 0) is 12.8 Å². The summed E-state index contributed by atoms with van der Waals surface area (Å²) in [6.45, 7) is -0.242. The average molecular weight is 309 g/mol. The molecule has 0 atom stereocenters. The zero-order chi connectivity index (χ0) is 16.3. The van der Waals surface area contributed by atoms with E-state index in [4.69, 9.17) is 5.11 Å². The molecule has 8 nitrogen and oxygen atoms in total. The van der Waals surface area contributed by atoms with Crippen LogP contribution in [0.25, 0.3) is 0 Å². The third kappa shape index (κ3) is 3.44. The van der Waals surface area contributed by atoms with E-state index in [2.05, 4.69) is 5.32 Å². The van der Waals surface area contributed by atoms with E-state index in [-0.39, 0.29) is 13.0 Å². The lowest BCUT2D eigenvalue weighted by atomic mass is 9.93. The van der Waals surface area contributed by atoms with Crippen LogP contribution in [-0.4, -0.2) is 31.7 Å². The van der Waals surface area contributed by atoms with Gasteiger partial charge in [0.25, 0.3) is 5.56 Å². The van der Waals surface area contributed by atoms with Crippen molar-refractivity contribution in [2.75, 3.05) is 0 Å². The van der Waals surface area contributed by atoms with Crippen LogP contribution in [0, 0.1) is 0 Å². The topological polar surface area (TPSA) is 110 Å². The number of carbonyl (C=O) groups excluding carboxylic acids is 1. The fourth-order valence-corrected chi connectivity index (χ4v) is 2.91. The number of carboxylic acid groups (broad SMARTS) is 1. The van der Waals surface area contributed by atoms with Gasteiger partial charge < -0.3 is 10.4 Å². The maximum atomic E-state index is 12.2. The van der Waals surface area contributed by atoms with Gasteiger partial charge in [0.2, 0.25) is 5.91 Å². The molecule has 1 aliphatic rings. The molecule has 1 heterocycles. The van der Waals surface area contributed by atoms with Gasteiger partial charge in [-0.2, -0.15) is 0 Å². The smallest absolute Gasteiger partial charge is 0.331 e. The average Bonchev–Trinajstić information content (AvgIpc) is 2.86. The van der Waals surface area contributed by atoms with Gasteiger partial charge in [-0.3, -0.25) is 23.5 Å². The first kappa shape index (κ1) is 16.0. The molecule has 0 aliphatic heterocycles. The Morgan fingerprint density at radius 1 is 1.32 bits per heavy atom. The van der Waals surface area contributed by atoms with Crippen molar-refractivity contribution in [2.45, 2.75) is 44.2 Å². The van der Waals surface area contributed by atoms with Crippen LogP contribution < -0.4 is 16.6 Å². The number of carbonyl (C=O) groups is 2. The molecule has 2 N–H and O–H groups in total. The molecule has 0 aromatic carbocycles. The minimum atomic E-state index is -0.957. The van der Waals surface area contributed by atoms with E-state index in [0.717, 1.165) is 22.0 Å². The lowest BCUT2D eigenvalue weighted by Crippen LogP contribution is -2.50. The minimum Gasteiger partial charge on any atom is -0.481 e. The lowest BCUT2D eigenvalue weighted by molar-refractivity contribution is -0.139. The number of nitrogens with one attached hydrogen (secondary N) is 1. The molecule has 1 saturated carbocycles. The van der Waals surface area contributed by atoms with E-state index in [9.17, 15) is 19.2 Å². The second kappa shape index (κ2) is 6.17. The van der Waals surface area contributed by atoms with Crippen LogP contribution in [0.2, 0.25) is 0 Å². The molecule has 0 radical (unpaired) electrons. The fraction of sp³-hybridized carbons (Fsp3) is 0.571. The van der Waals surface area contributed by atoms with Crippen molar-refractivity contribution >= 4 is 11.9 Å². The summed E-state index contributed by atoms with van der Waals surface area (Å²) < 4.78 is 2.04. The van der Waals surface area contributed by atoms with Crippen molar-refractivity contribution in [3.05, 3.63) is 33.1 Å². The molecule has 0 spiro atoms. The first-order valence-electron chi connectivity index (χ1n) is 7.12. The summed E-state index contributed by atoms with van der Waals surface area (Å²) in [4.78, 5) is 46.3. The highest BCUT2D eigenvalue weighted by Crippen LogP contribution is 2.32. The predicted octanol–water partition coefficient (Wildman–Crippen LogP) is -0.549. The molecule has 22 heavy (non-hydrogen) atoms. The first-order chi connectivity index (χ1) is 10.3. The Hall–Kier alpha value is -2.38. The maximum Gasteiger partial charge on any atom is 0.331 e. The highest BCUT2D eigenvalue weighted by atomic mass is 16.4. The number of aliphatic carboxylic acids is 1. The van der Waals surface area contributed by atoms with E-state index in [1.54, 1.807) is 0 Å². The molecule has 1 aliphatic carbocycles. The van der Waals surface area contributed by atoms with Gasteiger partial charge in [-0.1, -0.05) is 12.8 Å². The highest BCUT2D eigenvalue weighted by molar-refractivity contribution is 5.78. The predicted molar refractivity (Wildman–Crippen MR) is 77.5 cm³/mol. The summed E-state index contributed by atoms with van der Waals surface area (Å²) in [6, 6.07) is 1.21. The van der Waals surface area contributed by atoms with Gasteiger partial charge in [0, 0.05) is 19.3 Å². The van der Waals surface area contributed by atoms with Crippen LogP contribution in [0.3, 0.4) is 0 Å². The number of hydrogen-bond donors (Lipinski definition) is 2. The molecule has 1 aromatic rings. The van der Waals surface area contributed by atoms with Crippen LogP contribution >= 0.6 is 0 Å². The number of aromatic nitrogens is 2. The summed E-state index contributed by atoms with van der Waals surface area (Å²) in [5.41, 5.74) is -1.76. The molecule has 2 rings (SSSR count). The molecule has 0 unspecified atom stereocenters. The molecule has 0 bridgehead atoms. The molecule has 8 heteroatoms. The van der Waals surface area contributed by atoms with Crippen molar-refractivity contribution in [2.24, 2.45) is 7.05 Å². The fourth-order valence-electron chi connectivity index (χ4n) is 2.91. The zero-order valence-corrected chi connectivity index (χ0v) is 12.4. The Kier molecular flexibility index (Phi) is 4.48. The molecule has 1 amide bonds. The first-order valence-corrected chi connectivity index (χ1v) is 7.12. The molecular weight excluding hydrogens is 290 g/mol. The van der Waals surface area contributed by atoms with Crippen molar-refractivity contribution in [3.63, 3.8) is 0 Å². The number of nitrogens with zero attached hydrogens (tertiary/aromatic N) is 2. The van der Waals surface area contributed by atoms with Gasteiger partial charge in [0.1, 0.15) is 6.54 Å². The zero-order valence-electron chi connectivity index (χ0n) is 12.4. The second-order valence-corrected chi connectivity index (χ2v) is 5.73. The molecule has 1 aromatic heterocycles. The van der Waals surface area contributed by atoms with Gasteiger partial charge in [-0.15, -0.1) is 0 Å². The Morgan fingerprint density at radius 2 is 1.95 bits per heavy atom. The van der Waals surface area contributed by atoms with Gasteiger partial charge in [-0.25, -0.2) is 4.79 Å². The summed E-state index contributed by atoms with van der Waals surface area (Å²) in [5.74, 6) is -1.38. The lowest BCUT2D eigenvalue weighted by Gasteiger charge is -2.28. The number of carboxylic acids is 1. The second-order valence-electron chi connectivity index (χ2n) is 5.73. The molecule has 1 fully saturated rings. The van der Waals surface area contributed by atoms with Gasteiger partial charge in [0.05, 0.1) is 12.0 Å². The van der Waals surface area contributed by atoms with E-state index in [1.165, 1.54) is 19.3 Å². The van der Waals surface area contributed by atoms with E-state index in [1.807, 2.05) is 0 Å². The highest BCUT2D eigenvalue weighted by Gasteiger charge is 2.37. The van der Waals surface area contributed by atoms with Crippen molar-refractivity contribution in [1.29, 1.82) is 0 Å². The summed E-state index contributed by atoms with van der Waals surface area (Å²) >= 11 is 0. The Morgan fingerprint density at radius 3 is 2.55 bits per heavy atom. The minimum absolute atomic E-state index is 0.124. The van der Waals surface area contributed by atoms with Crippen molar-refractivity contribution in [1.82, 2.24) is 14.5 Å². The largest absolute Gasteiger partial charge is 0.481 e. The maximum absolute atomic E-state index is 12.2. The number of rotatable bonds is 5. The van der Waals surface area contributed by atoms with Gasteiger partial charge >= 0.3 is 11.7 Å². The third-order valence-electron chi connectivity index (χ3n) is 4.03. The Bertz CT molecular complexity index is 697. The van der Waals surface area contributed by atoms with Crippen LogP contribution in [-0.2, 0) is 23.2 Å². The SMILES string of the molecule is Cn1c(=O)ccn(CC(=O)NC2(CC(=O)O)CCCC2)c1=O. The summed E-state index contributed by atoms with van der Waals surface area (Å²) in [5, 5.41) is 11.8. The van der Waals surface area contributed by atoms with E-state index >= 15 is 0 Å². The van der Waals surface area contributed by atoms with E-state index in [0.29, 0.717) is 12.8 Å². The van der Waals surface area contributed by atoms with Gasteiger partial charge in [0.15, 0.2) is 0 Å². The monoisotopic (exact) mass is 309 g/mol. The number of amides is 1. The van der Waals surface area contributed by atoms with Crippen LogP contribution in [0.15, 0.2) is 21.9 Å². The van der Waals surface area contributed by atoms with Crippen LogP contribution in [0.4, 0.5) is 0 Å². The van der Waals surface area contributed by atoms with Crippen molar-refractivity contribution in [3.8, 4) is 0 Å². The molecule has 120 valence electrons. The Balaban J connectivity index is 2.12. The summed E-state index contributed by atoms with van der Waals surface area (Å²) in [7, 11) is 1.34.